The highest BCUT2D eigenvalue weighted by molar-refractivity contribution is 5.80. The van der Waals surface area contributed by atoms with E-state index in [1.807, 2.05) is 20.0 Å². The minimum atomic E-state index is 0.652. The molecule has 1 aromatic rings. The van der Waals surface area contributed by atoms with Crippen LogP contribution in [0.5, 0.6) is 0 Å². The highest BCUT2D eigenvalue weighted by Gasteiger charge is 2.35. The molecule has 0 aromatic carbocycles. The Kier molecular flexibility index (Phi) is 3.94. The zero-order valence-electron chi connectivity index (χ0n) is 12.4. The van der Waals surface area contributed by atoms with Crippen molar-refractivity contribution in [1.29, 1.82) is 0 Å². The number of hydrogen-bond acceptors (Lipinski definition) is 3. The Bertz CT molecular complexity index is 468. The predicted octanol–water partition coefficient (Wildman–Crippen LogP) is 2.18. The van der Waals surface area contributed by atoms with Gasteiger partial charge in [-0.2, -0.15) is 0 Å². The van der Waals surface area contributed by atoms with Crippen LogP contribution in [0.3, 0.4) is 0 Å². The molecular formula is C15H24N4O. The number of hydrogen-bond donors (Lipinski definition) is 1. The third kappa shape index (κ3) is 2.81. The summed E-state index contributed by atoms with van der Waals surface area (Å²) in [5.74, 6) is 3.60. The summed E-state index contributed by atoms with van der Waals surface area (Å²) in [6, 6.07) is 1.96. The number of nitrogens with one attached hydrogen (secondary N) is 1. The van der Waals surface area contributed by atoms with Crippen LogP contribution in [0.25, 0.3) is 0 Å². The zero-order chi connectivity index (χ0) is 13.9. The van der Waals surface area contributed by atoms with Crippen molar-refractivity contribution in [2.24, 2.45) is 16.8 Å². The second-order valence-corrected chi connectivity index (χ2v) is 6.04. The Morgan fingerprint density at radius 2 is 2.10 bits per heavy atom. The van der Waals surface area contributed by atoms with Crippen LogP contribution in [-0.4, -0.2) is 36.2 Å². The molecule has 0 amide bonds. The Hall–Kier alpha value is -1.52. The fourth-order valence-electron chi connectivity index (χ4n) is 3.58. The molecule has 2 fully saturated rings. The summed E-state index contributed by atoms with van der Waals surface area (Å²) in [5, 5.41) is 7.30. The van der Waals surface area contributed by atoms with Crippen molar-refractivity contribution >= 4 is 5.96 Å². The summed E-state index contributed by atoms with van der Waals surface area (Å²) in [6.07, 6.45) is 5.58. The number of aromatic nitrogens is 1. The topological polar surface area (TPSA) is 53.7 Å². The van der Waals surface area contributed by atoms with Crippen LogP contribution < -0.4 is 5.32 Å². The molecule has 2 heterocycles. The lowest BCUT2D eigenvalue weighted by Crippen LogP contribution is -2.39. The van der Waals surface area contributed by atoms with E-state index < -0.39 is 0 Å². The minimum absolute atomic E-state index is 0.652. The van der Waals surface area contributed by atoms with Crippen molar-refractivity contribution in [3.05, 3.63) is 17.5 Å². The van der Waals surface area contributed by atoms with Gasteiger partial charge in [-0.3, -0.25) is 4.99 Å². The van der Waals surface area contributed by atoms with E-state index in [1.54, 1.807) is 0 Å². The maximum absolute atomic E-state index is 5.23. The van der Waals surface area contributed by atoms with Crippen molar-refractivity contribution in [3.8, 4) is 0 Å². The lowest BCUT2D eigenvalue weighted by molar-refractivity contribution is 0.299. The number of fused-ring (bicyclic) bond motifs is 1. The van der Waals surface area contributed by atoms with Crippen LogP contribution in [0, 0.1) is 18.8 Å². The largest absolute Gasteiger partial charge is 0.359 e. The second kappa shape index (κ2) is 5.85. The Labute approximate surface area is 120 Å². The van der Waals surface area contributed by atoms with E-state index >= 15 is 0 Å². The van der Waals surface area contributed by atoms with Gasteiger partial charge in [0.15, 0.2) is 11.7 Å². The molecule has 1 saturated carbocycles. The molecule has 2 atom stereocenters. The van der Waals surface area contributed by atoms with E-state index in [-0.39, 0.29) is 0 Å². The van der Waals surface area contributed by atoms with Crippen LogP contribution in [0.15, 0.2) is 15.6 Å². The zero-order valence-corrected chi connectivity index (χ0v) is 12.4. The molecule has 1 aromatic heterocycles. The van der Waals surface area contributed by atoms with Gasteiger partial charge in [-0.1, -0.05) is 18.0 Å². The number of guanidine groups is 1. The summed E-state index contributed by atoms with van der Waals surface area (Å²) >= 11 is 0. The standard InChI is InChI=1S/C15H24N4O/c1-11-7-14(20-18-11)8-17-15(16-2)19-9-12-5-3-4-6-13(12)10-19/h7,12-13H,3-6,8-10H2,1-2H3,(H,16,17). The van der Waals surface area contributed by atoms with E-state index in [1.165, 1.54) is 25.7 Å². The van der Waals surface area contributed by atoms with Crippen molar-refractivity contribution in [2.45, 2.75) is 39.2 Å². The average Bonchev–Trinajstić information content (AvgIpc) is 3.05. The molecule has 0 bridgehead atoms. The molecule has 1 aliphatic heterocycles. The SMILES string of the molecule is CN=C(NCc1cc(C)no1)N1CC2CCCCC2C1. The van der Waals surface area contributed by atoms with Crippen molar-refractivity contribution in [1.82, 2.24) is 15.4 Å². The van der Waals surface area contributed by atoms with Crippen LogP contribution >= 0.6 is 0 Å². The van der Waals surface area contributed by atoms with Crippen LogP contribution in [0.2, 0.25) is 0 Å². The molecule has 1 N–H and O–H groups in total. The lowest BCUT2D eigenvalue weighted by atomic mass is 9.82. The van der Waals surface area contributed by atoms with E-state index in [9.17, 15) is 0 Å². The number of rotatable bonds is 2. The van der Waals surface area contributed by atoms with Crippen LogP contribution in [-0.2, 0) is 6.54 Å². The van der Waals surface area contributed by atoms with Gasteiger partial charge in [-0.25, -0.2) is 0 Å². The molecule has 2 unspecified atom stereocenters. The monoisotopic (exact) mass is 276 g/mol. The lowest BCUT2D eigenvalue weighted by Gasteiger charge is -2.22. The Morgan fingerprint density at radius 3 is 2.65 bits per heavy atom. The van der Waals surface area contributed by atoms with Crippen LogP contribution in [0.1, 0.15) is 37.1 Å². The van der Waals surface area contributed by atoms with Crippen molar-refractivity contribution in [3.63, 3.8) is 0 Å². The fraction of sp³-hybridized carbons (Fsp3) is 0.733. The molecular weight excluding hydrogens is 252 g/mol. The van der Waals surface area contributed by atoms with Gasteiger partial charge in [-0.05, 0) is 31.6 Å². The van der Waals surface area contributed by atoms with Gasteiger partial charge in [0.25, 0.3) is 0 Å². The molecule has 0 spiro atoms. The quantitative estimate of drug-likeness (QED) is 0.664. The molecule has 1 saturated heterocycles. The first-order chi connectivity index (χ1) is 9.76. The van der Waals surface area contributed by atoms with Gasteiger partial charge in [0.05, 0.1) is 12.2 Å². The van der Waals surface area contributed by atoms with E-state index in [0.717, 1.165) is 42.3 Å². The summed E-state index contributed by atoms with van der Waals surface area (Å²) in [5.41, 5.74) is 0.920. The first-order valence-corrected chi connectivity index (χ1v) is 7.64. The molecule has 5 nitrogen and oxygen atoms in total. The highest BCUT2D eigenvalue weighted by Crippen LogP contribution is 2.35. The maximum Gasteiger partial charge on any atom is 0.194 e. The number of aliphatic imine (C=N–C) groups is 1. The molecule has 0 radical (unpaired) electrons. The highest BCUT2D eigenvalue weighted by atomic mass is 16.5. The second-order valence-electron chi connectivity index (χ2n) is 6.04. The van der Waals surface area contributed by atoms with Gasteiger partial charge in [0, 0.05) is 26.2 Å². The summed E-state index contributed by atoms with van der Waals surface area (Å²) in [7, 11) is 1.86. The summed E-state index contributed by atoms with van der Waals surface area (Å²) < 4.78 is 5.23. The number of aryl methyl sites for hydroxylation is 1. The van der Waals surface area contributed by atoms with E-state index in [0.29, 0.717) is 6.54 Å². The van der Waals surface area contributed by atoms with E-state index in [4.69, 9.17) is 4.52 Å². The first-order valence-electron chi connectivity index (χ1n) is 7.64. The van der Waals surface area contributed by atoms with Gasteiger partial charge in [0.2, 0.25) is 0 Å². The summed E-state index contributed by atoms with van der Waals surface area (Å²) in [4.78, 5) is 6.83. The Balaban J connectivity index is 1.57. The van der Waals surface area contributed by atoms with Crippen molar-refractivity contribution < 1.29 is 4.52 Å². The molecule has 1 aliphatic carbocycles. The average molecular weight is 276 g/mol. The molecule has 3 rings (SSSR count). The summed E-state index contributed by atoms with van der Waals surface area (Å²) in [6.45, 7) is 4.89. The first kappa shape index (κ1) is 13.5. The van der Waals surface area contributed by atoms with E-state index in [2.05, 4.69) is 20.4 Å². The van der Waals surface area contributed by atoms with Crippen LogP contribution in [0.4, 0.5) is 0 Å². The minimum Gasteiger partial charge on any atom is -0.359 e. The van der Waals surface area contributed by atoms with Gasteiger partial charge < -0.3 is 14.7 Å². The fourth-order valence-corrected chi connectivity index (χ4v) is 3.58. The smallest absolute Gasteiger partial charge is 0.194 e. The van der Waals surface area contributed by atoms with Gasteiger partial charge >= 0.3 is 0 Å². The Morgan fingerprint density at radius 1 is 1.40 bits per heavy atom. The molecule has 20 heavy (non-hydrogen) atoms. The molecule has 110 valence electrons. The third-order valence-corrected chi connectivity index (χ3v) is 4.59. The van der Waals surface area contributed by atoms with Crippen molar-refractivity contribution in [2.75, 3.05) is 20.1 Å². The molecule has 2 aliphatic rings. The van der Waals surface area contributed by atoms with Gasteiger partial charge in [-0.15, -0.1) is 0 Å². The van der Waals surface area contributed by atoms with Gasteiger partial charge in [0.1, 0.15) is 0 Å². The predicted molar refractivity (Wildman–Crippen MR) is 78.5 cm³/mol. The maximum atomic E-state index is 5.23. The molecule has 5 heteroatoms. The normalized spacial score (nSPS) is 26.7. The number of likely N-dealkylation sites (tertiary alicyclic amines) is 1. The number of nitrogens with zero attached hydrogens (tertiary/aromatic N) is 3. The third-order valence-electron chi connectivity index (χ3n) is 4.59.